The maximum absolute atomic E-state index is 14.3. The minimum Gasteiger partial charge on any atom is -0.381 e. The number of fused-ring (bicyclic) bond motifs is 6. The molecule has 1 spiro atoms. The first-order chi connectivity index (χ1) is 19.2. The number of carbonyl (C=O) groups excluding carboxylic acids is 1. The van der Waals surface area contributed by atoms with Gasteiger partial charge < -0.3 is 19.5 Å². The number of anilines is 1. The van der Waals surface area contributed by atoms with Crippen molar-refractivity contribution in [1.29, 1.82) is 5.26 Å². The van der Waals surface area contributed by atoms with Crippen LogP contribution in [0.1, 0.15) is 82.9 Å². The molecule has 5 aliphatic rings. The molecule has 7 nitrogen and oxygen atoms in total. The number of hydrogen-bond acceptors (Lipinski definition) is 6. The number of piperidine rings is 1. The molecule has 39 heavy (non-hydrogen) atoms. The van der Waals surface area contributed by atoms with Crippen molar-refractivity contribution in [3.8, 4) is 6.07 Å². The van der Waals surface area contributed by atoms with E-state index in [1.54, 1.807) is 0 Å². The maximum Gasteiger partial charge on any atom is 0.195 e. The second-order valence-electron chi connectivity index (χ2n) is 11.9. The maximum atomic E-state index is 14.3. The minimum absolute atomic E-state index is 0.0718. The molecular weight excluding hydrogens is 486 g/mol. The Bertz CT molecular complexity index is 1550. The molecule has 1 aromatic heterocycles. The Balaban J connectivity index is 1.25. The Morgan fingerprint density at radius 2 is 1.82 bits per heavy atom. The third-order valence-corrected chi connectivity index (χ3v) is 9.99. The van der Waals surface area contributed by atoms with Gasteiger partial charge in [-0.15, -0.1) is 0 Å². The van der Waals surface area contributed by atoms with Crippen LogP contribution in [0.3, 0.4) is 0 Å². The lowest BCUT2D eigenvalue weighted by Crippen LogP contribution is -2.44. The molecule has 3 saturated heterocycles. The van der Waals surface area contributed by atoms with Gasteiger partial charge in [-0.25, -0.2) is 0 Å². The molecule has 0 amide bonds. The van der Waals surface area contributed by atoms with Crippen LogP contribution in [0.5, 0.6) is 0 Å². The van der Waals surface area contributed by atoms with Crippen LogP contribution in [-0.2, 0) is 10.2 Å². The number of likely N-dealkylation sites (tertiary alicyclic amines) is 1. The lowest BCUT2D eigenvalue weighted by Gasteiger charge is -2.43. The Labute approximate surface area is 228 Å². The van der Waals surface area contributed by atoms with Gasteiger partial charge in [-0.05, 0) is 81.4 Å². The lowest BCUT2D eigenvalue weighted by molar-refractivity contribution is 0.0602. The number of ketones is 1. The highest BCUT2D eigenvalue weighted by molar-refractivity contribution is 6.20. The molecule has 0 saturated carbocycles. The summed E-state index contributed by atoms with van der Waals surface area (Å²) in [6, 6.07) is 13.1. The largest absolute Gasteiger partial charge is 0.381 e. The van der Waals surface area contributed by atoms with E-state index in [1.807, 2.05) is 24.4 Å². The van der Waals surface area contributed by atoms with Gasteiger partial charge in [0, 0.05) is 77.4 Å². The van der Waals surface area contributed by atoms with Gasteiger partial charge in [0.05, 0.1) is 17.2 Å². The van der Waals surface area contributed by atoms with E-state index in [2.05, 4.69) is 38.0 Å². The average molecular weight is 520 g/mol. The number of rotatable bonds is 3. The summed E-state index contributed by atoms with van der Waals surface area (Å²) >= 11 is 0. The third-order valence-electron chi connectivity index (χ3n) is 9.99. The van der Waals surface area contributed by atoms with Crippen LogP contribution >= 0.6 is 0 Å². The number of aromatic nitrogens is 1. The monoisotopic (exact) mass is 519 g/mol. The van der Waals surface area contributed by atoms with E-state index in [0.717, 1.165) is 59.2 Å². The molecule has 0 bridgehead atoms. The highest BCUT2D eigenvalue weighted by atomic mass is 16.5. The first-order valence-corrected chi connectivity index (χ1v) is 14.6. The zero-order chi connectivity index (χ0) is 26.1. The van der Waals surface area contributed by atoms with Crippen LogP contribution in [-0.4, -0.2) is 67.3 Å². The van der Waals surface area contributed by atoms with Crippen LogP contribution in [0.4, 0.5) is 5.69 Å². The second kappa shape index (κ2) is 8.77. The van der Waals surface area contributed by atoms with Crippen LogP contribution in [0.15, 0.2) is 35.3 Å². The van der Waals surface area contributed by atoms with E-state index < -0.39 is 0 Å². The van der Waals surface area contributed by atoms with Crippen molar-refractivity contribution in [1.82, 2.24) is 9.88 Å². The summed E-state index contributed by atoms with van der Waals surface area (Å²) in [4.78, 5) is 27.7. The molecule has 3 fully saturated rings. The summed E-state index contributed by atoms with van der Waals surface area (Å²) in [6.45, 7) is 5.91. The van der Waals surface area contributed by atoms with Crippen molar-refractivity contribution in [2.75, 3.05) is 44.3 Å². The van der Waals surface area contributed by atoms with E-state index in [1.165, 1.54) is 50.0 Å². The Kier molecular flexibility index (Phi) is 5.27. The van der Waals surface area contributed by atoms with Crippen molar-refractivity contribution >= 4 is 28.6 Å². The molecule has 7 heteroatoms. The Morgan fingerprint density at radius 3 is 2.54 bits per heavy atom. The minimum atomic E-state index is -0.311. The van der Waals surface area contributed by atoms with Crippen LogP contribution in [0.25, 0.3) is 10.9 Å². The summed E-state index contributed by atoms with van der Waals surface area (Å²) in [5.74, 6) is 0.0780. The number of benzene rings is 2. The molecule has 1 atom stereocenters. The van der Waals surface area contributed by atoms with Gasteiger partial charge in [-0.1, -0.05) is 6.07 Å². The van der Waals surface area contributed by atoms with Gasteiger partial charge in [0.15, 0.2) is 5.78 Å². The van der Waals surface area contributed by atoms with Gasteiger partial charge >= 0.3 is 0 Å². The summed E-state index contributed by atoms with van der Waals surface area (Å²) in [5, 5.41) is 10.4. The van der Waals surface area contributed by atoms with E-state index in [0.29, 0.717) is 24.8 Å². The van der Waals surface area contributed by atoms with E-state index in [-0.39, 0.29) is 17.2 Å². The number of carbonyl (C=O) groups is 1. The first kappa shape index (κ1) is 23.4. The third kappa shape index (κ3) is 3.54. The number of ether oxygens (including phenoxy) is 1. The SMILES string of the molecule is N#Cc1ccc2c3c([nH]c2c1)C1(CCOCC1)c1cc(N2CCC(N4CCCC4)CC2)c(C2C=N2)cc1C3=O. The molecule has 2 aromatic carbocycles. The van der Waals surface area contributed by atoms with Crippen molar-refractivity contribution in [2.45, 2.75) is 56.0 Å². The number of hydrogen-bond donors (Lipinski definition) is 1. The molecule has 8 rings (SSSR count). The van der Waals surface area contributed by atoms with Crippen LogP contribution in [0, 0.1) is 11.3 Å². The van der Waals surface area contributed by atoms with Crippen LogP contribution in [0.2, 0.25) is 0 Å². The molecule has 1 N–H and O–H groups in total. The average Bonchev–Trinajstić information content (AvgIpc) is 3.53. The van der Waals surface area contributed by atoms with Gasteiger partial charge in [0.1, 0.15) is 6.04 Å². The highest BCUT2D eigenvalue weighted by Gasteiger charge is 2.48. The van der Waals surface area contributed by atoms with E-state index in [4.69, 9.17) is 4.74 Å². The molecule has 3 aromatic rings. The second-order valence-corrected chi connectivity index (χ2v) is 11.9. The molecule has 1 aliphatic carbocycles. The normalized spacial score (nSPS) is 24.2. The number of H-pyrrole nitrogens is 1. The lowest BCUT2D eigenvalue weighted by atomic mass is 9.64. The van der Waals surface area contributed by atoms with Gasteiger partial charge in [-0.2, -0.15) is 5.26 Å². The summed E-state index contributed by atoms with van der Waals surface area (Å²) < 4.78 is 5.87. The fraction of sp³-hybridized carbons (Fsp3) is 0.469. The van der Waals surface area contributed by atoms with Crippen molar-refractivity contribution in [3.63, 3.8) is 0 Å². The molecule has 0 radical (unpaired) electrons. The smallest absolute Gasteiger partial charge is 0.195 e. The fourth-order valence-corrected chi connectivity index (χ4v) is 7.85. The Hall–Kier alpha value is -3.47. The highest BCUT2D eigenvalue weighted by Crippen LogP contribution is 2.52. The van der Waals surface area contributed by atoms with Crippen molar-refractivity contribution < 1.29 is 9.53 Å². The number of nitrogens with zero attached hydrogens (tertiary/aromatic N) is 4. The fourth-order valence-electron chi connectivity index (χ4n) is 7.85. The van der Waals surface area contributed by atoms with Crippen LogP contribution < -0.4 is 4.90 Å². The van der Waals surface area contributed by atoms with Gasteiger partial charge in [0.2, 0.25) is 0 Å². The zero-order valence-electron chi connectivity index (χ0n) is 22.2. The number of aromatic amines is 1. The summed E-state index contributed by atoms with van der Waals surface area (Å²) in [6.07, 6.45) is 8.70. The van der Waals surface area contributed by atoms with E-state index >= 15 is 0 Å². The number of nitriles is 1. The molecule has 5 heterocycles. The molecular formula is C32H33N5O2. The van der Waals surface area contributed by atoms with Gasteiger partial charge in [0.25, 0.3) is 0 Å². The zero-order valence-corrected chi connectivity index (χ0v) is 22.2. The summed E-state index contributed by atoms with van der Waals surface area (Å²) in [5.41, 5.74) is 7.29. The summed E-state index contributed by atoms with van der Waals surface area (Å²) in [7, 11) is 0. The first-order valence-electron chi connectivity index (χ1n) is 14.6. The van der Waals surface area contributed by atoms with Crippen molar-refractivity contribution in [3.05, 3.63) is 63.8 Å². The molecule has 1 unspecified atom stereocenters. The van der Waals surface area contributed by atoms with Crippen molar-refractivity contribution in [2.24, 2.45) is 4.99 Å². The number of nitrogens with one attached hydrogen (secondary N) is 1. The predicted molar refractivity (Wildman–Crippen MR) is 151 cm³/mol. The molecule has 4 aliphatic heterocycles. The molecule has 198 valence electrons. The topological polar surface area (TPSA) is 84.7 Å². The Morgan fingerprint density at radius 1 is 1.05 bits per heavy atom. The predicted octanol–water partition coefficient (Wildman–Crippen LogP) is 4.87. The van der Waals surface area contributed by atoms with E-state index in [9.17, 15) is 10.1 Å². The standard InChI is InChI=1S/C32H33N5O2/c33-18-20-3-4-22-26(15-20)35-31-29(22)30(38)23-16-24(27-19-34-27)28(17-25(23)32(31)7-13-39-14-8-32)37-11-5-21(6-12-37)36-9-1-2-10-36/h3-4,15-17,19,21,27,35H,1-2,5-14H2. The number of aliphatic imine (C=N–C) groups is 1. The van der Waals surface area contributed by atoms with Gasteiger partial charge in [-0.3, -0.25) is 9.79 Å². The quantitative estimate of drug-likeness (QED) is 0.534.